The molecule has 0 saturated carbocycles. The van der Waals surface area contributed by atoms with Crippen LogP contribution in [0, 0.1) is 0 Å². The SMILES string of the molecule is CC(C)(C)c1ccc2c(Cl)nc(Cl)nc2n1. The topological polar surface area (TPSA) is 38.7 Å². The predicted molar refractivity (Wildman–Crippen MR) is 66.1 cm³/mol. The molecule has 0 unspecified atom stereocenters. The Morgan fingerprint density at radius 3 is 2.31 bits per heavy atom. The van der Waals surface area contributed by atoms with Crippen molar-refractivity contribution in [2.24, 2.45) is 0 Å². The van der Waals surface area contributed by atoms with Crippen molar-refractivity contribution < 1.29 is 0 Å². The number of hydrogen-bond donors (Lipinski definition) is 0. The largest absolute Gasteiger partial charge is 0.232 e. The second-order valence-electron chi connectivity index (χ2n) is 4.60. The quantitative estimate of drug-likeness (QED) is 0.533. The zero-order valence-electron chi connectivity index (χ0n) is 9.25. The van der Waals surface area contributed by atoms with Gasteiger partial charge in [0.1, 0.15) is 5.15 Å². The first-order valence-corrected chi connectivity index (χ1v) is 5.64. The van der Waals surface area contributed by atoms with E-state index in [0.717, 1.165) is 11.1 Å². The van der Waals surface area contributed by atoms with Crippen LogP contribution in [0.25, 0.3) is 11.0 Å². The van der Waals surface area contributed by atoms with Crippen LogP contribution in [0.2, 0.25) is 10.4 Å². The van der Waals surface area contributed by atoms with Gasteiger partial charge in [-0.15, -0.1) is 0 Å². The summed E-state index contributed by atoms with van der Waals surface area (Å²) in [5, 5.41) is 1.18. The van der Waals surface area contributed by atoms with Gasteiger partial charge < -0.3 is 0 Å². The Morgan fingerprint density at radius 1 is 1.00 bits per heavy atom. The number of aromatic nitrogens is 3. The summed E-state index contributed by atoms with van der Waals surface area (Å²) in [5.41, 5.74) is 1.46. The number of halogens is 2. The highest BCUT2D eigenvalue weighted by Crippen LogP contribution is 2.25. The van der Waals surface area contributed by atoms with Gasteiger partial charge in [0.05, 0.1) is 5.39 Å². The molecule has 0 saturated heterocycles. The normalized spacial score (nSPS) is 12.1. The van der Waals surface area contributed by atoms with E-state index in [0.29, 0.717) is 10.8 Å². The van der Waals surface area contributed by atoms with E-state index in [-0.39, 0.29) is 10.7 Å². The smallest absolute Gasteiger partial charge is 0.225 e. The average Bonchev–Trinajstić information content (AvgIpc) is 2.15. The molecule has 0 N–H and O–H groups in total. The third-order valence-corrected chi connectivity index (χ3v) is 2.71. The van der Waals surface area contributed by atoms with E-state index in [1.54, 1.807) is 0 Å². The van der Waals surface area contributed by atoms with E-state index in [1.165, 1.54) is 0 Å². The third-order valence-electron chi connectivity index (χ3n) is 2.25. The van der Waals surface area contributed by atoms with E-state index in [2.05, 4.69) is 35.7 Å². The highest BCUT2D eigenvalue weighted by atomic mass is 35.5. The maximum Gasteiger partial charge on any atom is 0.225 e. The fourth-order valence-electron chi connectivity index (χ4n) is 1.37. The highest BCUT2D eigenvalue weighted by Gasteiger charge is 2.17. The average molecular weight is 256 g/mol. The first kappa shape index (κ1) is 11.6. The van der Waals surface area contributed by atoms with Gasteiger partial charge in [-0.1, -0.05) is 32.4 Å². The molecule has 0 aliphatic carbocycles. The van der Waals surface area contributed by atoms with E-state index < -0.39 is 0 Å². The summed E-state index contributed by atoms with van der Waals surface area (Å²) in [6.07, 6.45) is 0. The van der Waals surface area contributed by atoms with Crippen molar-refractivity contribution in [2.75, 3.05) is 0 Å². The van der Waals surface area contributed by atoms with E-state index >= 15 is 0 Å². The van der Waals surface area contributed by atoms with Gasteiger partial charge in [0.25, 0.3) is 0 Å². The van der Waals surface area contributed by atoms with Gasteiger partial charge in [0, 0.05) is 11.1 Å². The molecule has 0 spiro atoms. The molecule has 0 radical (unpaired) electrons. The van der Waals surface area contributed by atoms with Crippen LogP contribution < -0.4 is 0 Å². The summed E-state index contributed by atoms with van der Waals surface area (Å²) in [7, 11) is 0. The summed E-state index contributed by atoms with van der Waals surface area (Å²) in [4.78, 5) is 12.4. The van der Waals surface area contributed by atoms with Crippen LogP contribution in [0.5, 0.6) is 0 Å². The second-order valence-corrected chi connectivity index (χ2v) is 5.30. The Kier molecular flexibility index (Phi) is 2.76. The van der Waals surface area contributed by atoms with Gasteiger partial charge in [-0.3, -0.25) is 0 Å². The minimum absolute atomic E-state index is 0.0297. The molecule has 0 fully saturated rings. The lowest BCUT2D eigenvalue weighted by Crippen LogP contribution is -2.13. The fourth-order valence-corrected chi connectivity index (χ4v) is 1.80. The van der Waals surface area contributed by atoms with Crippen LogP contribution in [0.15, 0.2) is 12.1 Å². The van der Waals surface area contributed by atoms with Crippen molar-refractivity contribution in [3.8, 4) is 0 Å². The first-order valence-electron chi connectivity index (χ1n) is 4.88. The lowest BCUT2D eigenvalue weighted by molar-refractivity contribution is 0.571. The van der Waals surface area contributed by atoms with Crippen LogP contribution in [-0.4, -0.2) is 15.0 Å². The van der Waals surface area contributed by atoms with Crippen molar-refractivity contribution >= 4 is 34.2 Å². The Morgan fingerprint density at radius 2 is 1.69 bits per heavy atom. The van der Waals surface area contributed by atoms with E-state index in [4.69, 9.17) is 23.2 Å². The number of rotatable bonds is 0. The number of hydrogen-bond acceptors (Lipinski definition) is 3. The molecule has 0 aliphatic rings. The Balaban J connectivity index is 2.71. The summed E-state index contributed by atoms with van der Waals surface area (Å²) in [5.74, 6) is 0. The summed E-state index contributed by atoms with van der Waals surface area (Å²) in [6, 6.07) is 3.81. The van der Waals surface area contributed by atoms with Gasteiger partial charge >= 0.3 is 0 Å². The van der Waals surface area contributed by atoms with Gasteiger partial charge in [0.2, 0.25) is 5.28 Å². The predicted octanol–water partition coefficient (Wildman–Crippen LogP) is 3.63. The monoisotopic (exact) mass is 255 g/mol. The van der Waals surface area contributed by atoms with Crippen molar-refractivity contribution in [3.63, 3.8) is 0 Å². The Bertz CT molecular complexity index is 547. The molecule has 2 rings (SSSR count). The minimum Gasteiger partial charge on any atom is -0.232 e. The molecule has 0 bridgehead atoms. The molecule has 84 valence electrons. The molecule has 0 atom stereocenters. The fraction of sp³-hybridized carbons (Fsp3) is 0.364. The molecule has 0 aliphatic heterocycles. The maximum absolute atomic E-state index is 5.95. The number of fused-ring (bicyclic) bond motifs is 1. The molecular weight excluding hydrogens is 245 g/mol. The van der Waals surface area contributed by atoms with Gasteiger partial charge in [-0.25, -0.2) is 9.97 Å². The van der Waals surface area contributed by atoms with Crippen molar-refractivity contribution in [2.45, 2.75) is 26.2 Å². The molecule has 2 aromatic heterocycles. The lowest BCUT2D eigenvalue weighted by Gasteiger charge is -2.17. The van der Waals surface area contributed by atoms with Crippen molar-refractivity contribution in [1.29, 1.82) is 0 Å². The molecule has 3 nitrogen and oxygen atoms in total. The van der Waals surface area contributed by atoms with Crippen molar-refractivity contribution in [1.82, 2.24) is 15.0 Å². The molecular formula is C11H11Cl2N3. The highest BCUT2D eigenvalue weighted by molar-refractivity contribution is 6.35. The molecule has 5 heteroatoms. The third kappa shape index (κ3) is 2.11. The standard InChI is InChI=1S/C11H11Cl2N3/c1-11(2,3)7-5-4-6-8(12)15-10(13)16-9(6)14-7/h4-5H,1-3H3. The van der Waals surface area contributed by atoms with Gasteiger partial charge in [-0.05, 0) is 23.7 Å². The zero-order valence-corrected chi connectivity index (χ0v) is 10.8. The van der Waals surface area contributed by atoms with E-state index in [9.17, 15) is 0 Å². The van der Waals surface area contributed by atoms with Gasteiger partial charge in [-0.2, -0.15) is 4.98 Å². The van der Waals surface area contributed by atoms with Crippen LogP contribution in [0.4, 0.5) is 0 Å². The van der Waals surface area contributed by atoms with Crippen LogP contribution >= 0.6 is 23.2 Å². The summed E-state index contributed by atoms with van der Waals surface area (Å²) in [6.45, 7) is 6.27. The van der Waals surface area contributed by atoms with Crippen LogP contribution in [0.1, 0.15) is 26.5 Å². The first-order chi connectivity index (χ1) is 7.38. The molecule has 16 heavy (non-hydrogen) atoms. The summed E-state index contributed by atoms with van der Waals surface area (Å²) < 4.78 is 0. The van der Waals surface area contributed by atoms with Crippen LogP contribution in [-0.2, 0) is 5.41 Å². The molecule has 2 aromatic rings. The molecule has 0 amide bonds. The molecule has 2 heterocycles. The lowest BCUT2D eigenvalue weighted by atomic mass is 9.91. The van der Waals surface area contributed by atoms with Crippen molar-refractivity contribution in [3.05, 3.63) is 28.3 Å². The Hall–Kier alpha value is -0.930. The maximum atomic E-state index is 5.95. The molecule has 0 aromatic carbocycles. The van der Waals surface area contributed by atoms with E-state index in [1.807, 2.05) is 12.1 Å². The number of nitrogens with zero attached hydrogens (tertiary/aromatic N) is 3. The second kappa shape index (κ2) is 3.82. The van der Waals surface area contributed by atoms with Gasteiger partial charge in [0.15, 0.2) is 5.65 Å². The van der Waals surface area contributed by atoms with Crippen LogP contribution in [0.3, 0.4) is 0 Å². The zero-order chi connectivity index (χ0) is 11.9. The minimum atomic E-state index is -0.0297. The Labute approximate surface area is 104 Å². The summed E-state index contributed by atoms with van der Waals surface area (Å²) >= 11 is 11.7. The number of pyridine rings is 1.